The number of hydrogen-bond donors (Lipinski definition) is 2. The van der Waals surface area contributed by atoms with Gasteiger partial charge in [-0.25, -0.2) is 4.98 Å². The monoisotopic (exact) mass is 278 g/mol. The molecule has 19 heavy (non-hydrogen) atoms. The fourth-order valence-electron chi connectivity index (χ4n) is 1.43. The molecule has 0 aliphatic rings. The lowest BCUT2D eigenvalue weighted by Gasteiger charge is -2.25. The number of hydrogen-bond acceptors (Lipinski definition) is 4. The van der Waals surface area contributed by atoms with E-state index in [4.69, 9.17) is 0 Å². The van der Waals surface area contributed by atoms with Gasteiger partial charge in [0.15, 0.2) is 0 Å². The van der Waals surface area contributed by atoms with Gasteiger partial charge in [0.2, 0.25) is 0 Å². The molecule has 0 aliphatic heterocycles. The van der Waals surface area contributed by atoms with Gasteiger partial charge in [-0.15, -0.1) is 13.2 Å². The molecule has 0 fully saturated rings. The first-order chi connectivity index (χ1) is 8.78. The average molecular weight is 278 g/mol. The molecular formula is C12H17F3N2O2. The Morgan fingerprint density at radius 2 is 1.89 bits per heavy atom. The Morgan fingerprint density at radius 3 is 2.32 bits per heavy atom. The Hall–Kier alpha value is -1.50. The Kier molecular flexibility index (Phi) is 4.99. The van der Waals surface area contributed by atoms with Gasteiger partial charge in [0.05, 0.1) is 11.8 Å². The minimum Gasteiger partial charge on any atom is -0.404 e. The van der Waals surface area contributed by atoms with Crippen molar-refractivity contribution in [3.05, 3.63) is 18.3 Å². The predicted octanol–water partition coefficient (Wildman–Crippen LogP) is 2.94. The van der Waals surface area contributed by atoms with E-state index in [0.717, 1.165) is 6.20 Å². The van der Waals surface area contributed by atoms with Gasteiger partial charge in [-0.2, -0.15) is 0 Å². The van der Waals surface area contributed by atoms with Crippen LogP contribution in [0.4, 0.5) is 19.0 Å². The Labute approximate surface area is 109 Å². The molecule has 2 N–H and O–H groups in total. The highest BCUT2D eigenvalue weighted by Gasteiger charge is 2.31. The van der Waals surface area contributed by atoms with Gasteiger partial charge in [0.1, 0.15) is 11.6 Å². The van der Waals surface area contributed by atoms with E-state index < -0.39 is 12.0 Å². The van der Waals surface area contributed by atoms with Crippen LogP contribution in [0.15, 0.2) is 18.3 Å². The summed E-state index contributed by atoms with van der Waals surface area (Å²) in [7, 11) is 0. The van der Waals surface area contributed by atoms with Crippen molar-refractivity contribution >= 4 is 5.82 Å². The van der Waals surface area contributed by atoms with E-state index in [2.05, 4.69) is 15.0 Å². The van der Waals surface area contributed by atoms with Crippen LogP contribution < -0.4 is 10.1 Å². The average Bonchev–Trinajstić information content (AvgIpc) is 2.36. The van der Waals surface area contributed by atoms with Crippen LogP contribution in [0.3, 0.4) is 0 Å². The van der Waals surface area contributed by atoms with Crippen molar-refractivity contribution in [2.75, 3.05) is 11.9 Å². The first-order valence-electron chi connectivity index (χ1n) is 5.96. The van der Waals surface area contributed by atoms with Crippen molar-refractivity contribution in [1.82, 2.24) is 4.98 Å². The molecule has 0 spiro atoms. The molecule has 0 radical (unpaired) electrons. The normalized spacial score (nSPS) is 12.3. The van der Waals surface area contributed by atoms with Crippen molar-refractivity contribution in [3.63, 3.8) is 0 Å². The molecule has 0 aliphatic carbocycles. The minimum atomic E-state index is -4.72. The summed E-state index contributed by atoms with van der Waals surface area (Å²) in [5.74, 6) is 0.00847. The van der Waals surface area contributed by atoms with Crippen molar-refractivity contribution in [1.29, 1.82) is 0 Å². The van der Waals surface area contributed by atoms with Gasteiger partial charge >= 0.3 is 6.36 Å². The van der Waals surface area contributed by atoms with E-state index in [1.807, 2.05) is 13.8 Å². The lowest BCUT2D eigenvalue weighted by Crippen LogP contribution is -2.35. The van der Waals surface area contributed by atoms with Crippen LogP contribution in [0.25, 0.3) is 0 Å². The molecule has 0 bridgehead atoms. The number of ether oxygens (including phenoxy) is 1. The lowest BCUT2D eigenvalue weighted by molar-refractivity contribution is -0.274. The summed E-state index contributed by atoms with van der Waals surface area (Å²) in [6.45, 7) is 4.00. The van der Waals surface area contributed by atoms with Crippen LogP contribution in [-0.2, 0) is 0 Å². The number of pyridine rings is 1. The second-order valence-electron chi connectivity index (χ2n) is 4.21. The third-order valence-corrected chi connectivity index (χ3v) is 2.88. The second kappa shape index (κ2) is 6.10. The molecule has 0 unspecified atom stereocenters. The molecule has 0 saturated carbocycles. The molecule has 0 saturated heterocycles. The molecule has 1 heterocycles. The topological polar surface area (TPSA) is 54.4 Å². The zero-order valence-corrected chi connectivity index (χ0v) is 10.8. The quantitative estimate of drug-likeness (QED) is 0.840. The van der Waals surface area contributed by atoms with Crippen molar-refractivity contribution in [2.24, 2.45) is 0 Å². The molecule has 4 nitrogen and oxygen atoms in total. The highest BCUT2D eigenvalue weighted by molar-refractivity contribution is 5.37. The molecule has 108 valence electrons. The number of rotatable bonds is 6. The zero-order valence-electron chi connectivity index (χ0n) is 10.8. The van der Waals surface area contributed by atoms with Crippen molar-refractivity contribution < 1.29 is 23.0 Å². The molecule has 1 aromatic heterocycles. The molecule has 7 heteroatoms. The molecular weight excluding hydrogens is 261 g/mol. The largest absolute Gasteiger partial charge is 0.573 e. The van der Waals surface area contributed by atoms with Crippen LogP contribution >= 0.6 is 0 Å². The summed E-state index contributed by atoms with van der Waals surface area (Å²) in [5, 5.41) is 12.9. The van der Waals surface area contributed by atoms with Crippen LogP contribution in [0.2, 0.25) is 0 Å². The van der Waals surface area contributed by atoms with Crippen molar-refractivity contribution in [3.8, 4) is 5.75 Å². The van der Waals surface area contributed by atoms with Crippen LogP contribution in [0, 0.1) is 0 Å². The van der Waals surface area contributed by atoms with Crippen LogP contribution in [0.1, 0.15) is 26.7 Å². The number of halogens is 3. The molecule has 0 amide bonds. The Bertz CT molecular complexity index is 389. The standard InChI is InChI=1S/C12H17F3N2O2/c1-3-11(18,4-2)8-17-10-6-5-9(7-16-10)19-12(13,14)15/h5-7,18H,3-4,8H2,1-2H3,(H,16,17). The maximum Gasteiger partial charge on any atom is 0.573 e. The minimum absolute atomic E-state index is 0.284. The fraction of sp³-hybridized carbons (Fsp3) is 0.583. The van der Waals surface area contributed by atoms with Gasteiger partial charge in [-0.3, -0.25) is 0 Å². The summed E-state index contributed by atoms with van der Waals surface area (Å²) in [6.07, 6.45) is -2.59. The molecule has 0 atom stereocenters. The van der Waals surface area contributed by atoms with E-state index in [9.17, 15) is 18.3 Å². The van der Waals surface area contributed by atoms with Crippen LogP contribution in [-0.4, -0.2) is 28.6 Å². The Morgan fingerprint density at radius 1 is 1.26 bits per heavy atom. The first-order valence-corrected chi connectivity index (χ1v) is 5.96. The highest BCUT2D eigenvalue weighted by Crippen LogP contribution is 2.23. The number of anilines is 1. The van der Waals surface area contributed by atoms with Gasteiger partial charge < -0.3 is 15.2 Å². The number of nitrogens with one attached hydrogen (secondary N) is 1. The maximum absolute atomic E-state index is 11.9. The fourth-order valence-corrected chi connectivity index (χ4v) is 1.43. The highest BCUT2D eigenvalue weighted by atomic mass is 19.4. The van der Waals surface area contributed by atoms with E-state index >= 15 is 0 Å². The number of aromatic nitrogens is 1. The smallest absolute Gasteiger partial charge is 0.404 e. The molecule has 0 aromatic carbocycles. The Balaban J connectivity index is 2.58. The van der Waals surface area contributed by atoms with Gasteiger partial charge in [0.25, 0.3) is 0 Å². The SMILES string of the molecule is CCC(O)(CC)CNc1ccc(OC(F)(F)F)cn1. The summed E-state index contributed by atoms with van der Waals surface area (Å²) in [4.78, 5) is 3.79. The van der Waals surface area contributed by atoms with E-state index in [0.29, 0.717) is 18.7 Å². The van der Waals surface area contributed by atoms with Gasteiger partial charge in [-0.1, -0.05) is 13.8 Å². The first kappa shape index (κ1) is 15.6. The zero-order chi connectivity index (χ0) is 14.5. The number of nitrogens with zero attached hydrogens (tertiary/aromatic N) is 1. The van der Waals surface area contributed by atoms with Gasteiger partial charge in [0, 0.05) is 6.54 Å². The number of alkyl halides is 3. The molecule has 1 aromatic rings. The van der Waals surface area contributed by atoms with E-state index in [1.165, 1.54) is 12.1 Å². The number of aliphatic hydroxyl groups is 1. The molecule has 1 rings (SSSR count). The van der Waals surface area contributed by atoms with Gasteiger partial charge in [-0.05, 0) is 25.0 Å². The summed E-state index contributed by atoms with van der Waals surface area (Å²) in [6, 6.07) is 2.53. The van der Waals surface area contributed by atoms with E-state index in [1.54, 1.807) is 0 Å². The third-order valence-electron chi connectivity index (χ3n) is 2.88. The summed E-state index contributed by atoms with van der Waals surface area (Å²) < 4.78 is 39.5. The van der Waals surface area contributed by atoms with Crippen molar-refractivity contribution in [2.45, 2.75) is 38.7 Å². The summed E-state index contributed by atoms with van der Waals surface area (Å²) >= 11 is 0. The summed E-state index contributed by atoms with van der Waals surface area (Å²) in [5.41, 5.74) is -0.844. The second-order valence-corrected chi connectivity index (χ2v) is 4.21. The third kappa shape index (κ3) is 5.34. The lowest BCUT2D eigenvalue weighted by atomic mass is 9.98. The van der Waals surface area contributed by atoms with Crippen LogP contribution in [0.5, 0.6) is 5.75 Å². The maximum atomic E-state index is 11.9. The predicted molar refractivity (Wildman–Crippen MR) is 64.9 cm³/mol. The van der Waals surface area contributed by atoms with E-state index in [-0.39, 0.29) is 12.3 Å².